The maximum absolute atomic E-state index is 12.2. The molecular formula is C18H28N4O4. The number of piperazine rings is 1. The van der Waals surface area contributed by atoms with E-state index in [1.165, 1.54) is 6.33 Å². The number of aryl methyl sites for hydroxylation is 1. The molecule has 1 N–H and O–H groups in total. The number of nitrogens with zero attached hydrogens (tertiary/aromatic N) is 4. The molecule has 1 fully saturated rings. The smallest absolute Gasteiger partial charge is 0.410 e. The van der Waals surface area contributed by atoms with E-state index in [9.17, 15) is 9.59 Å². The maximum Gasteiger partial charge on any atom is 0.410 e. The summed E-state index contributed by atoms with van der Waals surface area (Å²) in [6.07, 6.45) is 1.22. The van der Waals surface area contributed by atoms with Crippen molar-refractivity contribution in [3.8, 4) is 0 Å². The largest absolute Gasteiger partial charge is 0.481 e. The van der Waals surface area contributed by atoms with Crippen molar-refractivity contribution in [1.29, 1.82) is 0 Å². The zero-order chi connectivity index (χ0) is 19.5. The van der Waals surface area contributed by atoms with Gasteiger partial charge in [-0.25, -0.2) is 14.8 Å². The second-order valence-corrected chi connectivity index (χ2v) is 7.65. The summed E-state index contributed by atoms with van der Waals surface area (Å²) >= 11 is 0. The molecule has 0 bridgehead atoms. The highest BCUT2D eigenvalue weighted by Crippen LogP contribution is 2.30. The molecule has 144 valence electrons. The van der Waals surface area contributed by atoms with Crippen LogP contribution in [0.5, 0.6) is 0 Å². The van der Waals surface area contributed by atoms with Crippen molar-refractivity contribution in [3.63, 3.8) is 0 Å². The highest BCUT2D eigenvalue weighted by molar-refractivity contribution is 5.70. The Bertz CT molecular complexity index is 664. The lowest BCUT2D eigenvalue weighted by atomic mass is 9.96. The van der Waals surface area contributed by atoms with Gasteiger partial charge in [0.15, 0.2) is 0 Å². The summed E-state index contributed by atoms with van der Waals surface area (Å²) in [4.78, 5) is 35.7. The molecule has 8 heteroatoms. The standard InChI is InChI=1S/C18H28N4O4/c1-12(10-14(23)24)15-13(2)19-11-20-16(15)21-6-8-22(9-7-21)17(25)26-18(3,4)5/h11-12H,6-10H2,1-5H3,(H,23,24). The number of amides is 1. The summed E-state index contributed by atoms with van der Waals surface area (Å²) in [5.74, 6) is -0.274. The van der Waals surface area contributed by atoms with E-state index in [0.29, 0.717) is 26.2 Å². The van der Waals surface area contributed by atoms with E-state index in [1.54, 1.807) is 4.90 Å². The van der Waals surface area contributed by atoms with Gasteiger partial charge in [0.2, 0.25) is 0 Å². The van der Waals surface area contributed by atoms with Gasteiger partial charge in [-0.3, -0.25) is 4.79 Å². The Balaban J connectivity index is 2.11. The normalized spacial score (nSPS) is 16.3. The third-order valence-electron chi connectivity index (χ3n) is 4.27. The van der Waals surface area contributed by atoms with E-state index in [-0.39, 0.29) is 18.4 Å². The Hall–Kier alpha value is -2.38. The average molecular weight is 364 g/mol. The molecule has 0 radical (unpaired) electrons. The quantitative estimate of drug-likeness (QED) is 0.876. The second-order valence-electron chi connectivity index (χ2n) is 7.65. The van der Waals surface area contributed by atoms with Crippen molar-refractivity contribution < 1.29 is 19.4 Å². The van der Waals surface area contributed by atoms with Gasteiger partial charge in [-0.1, -0.05) is 6.92 Å². The Morgan fingerprint density at radius 3 is 2.38 bits per heavy atom. The zero-order valence-corrected chi connectivity index (χ0v) is 16.2. The van der Waals surface area contributed by atoms with Gasteiger partial charge in [-0.15, -0.1) is 0 Å². The van der Waals surface area contributed by atoms with Gasteiger partial charge in [0, 0.05) is 37.4 Å². The van der Waals surface area contributed by atoms with E-state index in [1.807, 2.05) is 34.6 Å². The minimum Gasteiger partial charge on any atom is -0.481 e. The van der Waals surface area contributed by atoms with Crippen LogP contribution in [-0.4, -0.2) is 63.8 Å². The van der Waals surface area contributed by atoms with Crippen LogP contribution in [0.2, 0.25) is 0 Å². The van der Waals surface area contributed by atoms with E-state index in [2.05, 4.69) is 14.9 Å². The van der Waals surface area contributed by atoms with Crippen LogP contribution < -0.4 is 4.90 Å². The fraction of sp³-hybridized carbons (Fsp3) is 0.667. The first-order valence-electron chi connectivity index (χ1n) is 8.84. The van der Waals surface area contributed by atoms with E-state index < -0.39 is 11.6 Å². The number of carbonyl (C=O) groups excluding carboxylic acids is 1. The number of carboxylic acid groups (broad SMARTS) is 1. The fourth-order valence-electron chi connectivity index (χ4n) is 3.09. The molecule has 1 atom stereocenters. The number of aromatic nitrogens is 2. The summed E-state index contributed by atoms with van der Waals surface area (Å²) < 4.78 is 5.42. The van der Waals surface area contributed by atoms with Gasteiger partial charge in [0.25, 0.3) is 0 Å². The van der Waals surface area contributed by atoms with E-state index >= 15 is 0 Å². The monoisotopic (exact) mass is 364 g/mol. The number of ether oxygens (including phenoxy) is 1. The molecule has 8 nitrogen and oxygen atoms in total. The van der Waals surface area contributed by atoms with E-state index in [0.717, 1.165) is 17.1 Å². The number of carbonyl (C=O) groups is 2. The summed E-state index contributed by atoms with van der Waals surface area (Å²) in [5.41, 5.74) is 1.14. The van der Waals surface area contributed by atoms with Crippen LogP contribution in [0, 0.1) is 6.92 Å². The molecular weight excluding hydrogens is 336 g/mol. The Kier molecular flexibility index (Phi) is 6.05. The van der Waals surface area contributed by atoms with Crippen LogP contribution in [-0.2, 0) is 9.53 Å². The molecule has 1 aromatic heterocycles. The average Bonchev–Trinajstić information content (AvgIpc) is 2.52. The minimum atomic E-state index is -0.846. The van der Waals surface area contributed by atoms with Crippen molar-refractivity contribution in [1.82, 2.24) is 14.9 Å². The summed E-state index contributed by atoms with van der Waals surface area (Å²) in [6.45, 7) is 11.6. The van der Waals surface area contributed by atoms with Crippen LogP contribution in [0.1, 0.15) is 51.3 Å². The van der Waals surface area contributed by atoms with Crippen LogP contribution in [0.4, 0.5) is 10.6 Å². The predicted molar refractivity (Wildman–Crippen MR) is 97.5 cm³/mol. The SMILES string of the molecule is Cc1ncnc(N2CCN(C(=O)OC(C)(C)C)CC2)c1C(C)CC(=O)O. The summed E-state index contributed by atoms with van der Waals surface area (Å²) in [7, 11) is 0. The molecule has 2 rings (SSSR count). The van der Waals surface area contributed by atoms with Gasteiger partial charge in [0.05, 0.1) is 6.42 Å². The molecule has 1 amide bonds. The highest BCUT2D eigenvalue weighted by Gasteiger charge is 2.28. The zero-order valence-electron chi connectivity index (χ0n) is 16.2. The van der Waals surface area contributed by atoms with Gasteiger partial charge in [-0.05, 0) is 33.6 Å². The van der Waals surface area contributed by atoms with Crippen molar-refractivity contribution >= 4 is 17.9 Å². The fourth-order valence-corrected chi connectivity index (χ4v) is 3.09. The molecule has 1 aromatic rings. The number of hydrogen-bond acceptors (Lipinski definition) is 6. The lowest BCUT2D eigenvalue weighted by Gasteiger charge is -2.37. The van der Waals surface area contributed by atoms with Gasteiger partial charge in [0.1, 0.15) is 17.7 Å². The molecule has 0 aromatic carbocycles. The number of aliphatic carboxylic acids is 1. The predicted octanol–water partition coefficient (Wildman–Crippen LogP) is 2.42. The first-order valence-corrected chi connectivity index (χ1v) is 8.84. The molecule has 1 saturated heterocycles. The molecule has 0 aliphatic carbocycles. The van der Waals surface area contributed by atoms with Crippen molar-refractivity contribution in [3.05, 3.63) is 17.6 Å². The number of hydrogen-bond donors (Lipinski definition) is 1. The molecule has 1 aliphatic heterocycles. The second kappa shape index (κ2) is 7.88. The Labute approximate surface area is 154 Å². The first kappa shape index (κ1) is 19.9. The molecule has 1 unspecified atom stereocenters. The number of carboxylic acids is 1. The highest BCUT2D eigenvalue weighted by atomic mass is 16.6. The van der Waals surface area contributed by atoms with Crippen molar-refractivity contribution in [2.24, 2.45) is 0 Å². The van der Waals surface area contributed by atoms with Crippen LogP contribution in [0.3, 0.4) is 0 Å². The number of anilines is 1. The molecule has 1 aliphatic rings. The topological polar surface area (TPSA) is 95.9 Å². The van der Waals surface area contributed by atoms with Crippen LogP contribution in [0.15, 0.2) is 6.33 Å². The molecule has 26 heavy (non-hydrogen) atoms. The van der Waals surface area contributed by atoms with Crippen molar-refractivity contribution in [2.75, 3.05) is 31.1 Å². The lowest BCUT2D eigenvalue weighted by Crippen LogP contribution is -2.50. The Morgan fingerprint density at radius 1 is 1.23 bits per heavy atom. The third-order valence-corrected chi connectivity index (χ3v) is 4.27. The van der Waals surface area contributed by atoms with Gasteiger partial charge in [-0.2, -0.15) is 0 Å². The van der Waals surface area contributed by atoms with Crippen LogP contribution in [0.25, 0.3) is 0 Å². The van der Waals surface area contributed by atoms with Gasteiger partial charge >= 0.3 is 12.1 Å². The van der Waals surface area contributed by atoms with E-state index in [4.69, 9.17) is 9.84 Å². The first-order chi connectivity index (χ1) is 12.1. The molecule has 0 saturated carbocycles. The lowest BCUT2D eigenvalue weighted by molar-refractivity contribution is -0.137. The van der Waals surface area contributed by atoms with Gasteiger partial charge < -0.3 is 19.6 Å². The van der Waals surface area contributed by atoms with Crippen molar-refractivity contribution in [2.45, 2.75) is 52.6 Å². The van der Waals surface area contributed by atoms with Crippen LogP contribution >= 0.6 is 0 Å². The number of rotatable bonds is 4. The molecule has 0 spiro atoms. The maximum atomic E-state index is 12.2. The third kappa shape index (κ3) is 5.06. The summed E-state index contributed by atoms with van der Waals surface area (Å²) in [5, 5.41) is 9.11. The summed E-state index contributed by atoms with van der Waals surface area (Å²) in [6, 6.07) is 0. The minimum absolute atomic E-state index is 0.0269. The Morgan fingerprint density at radius 2 is 1.85 bits per heavy atom. The molecule has 2 heterocycles.